The molecule has 128 valence electrons. The van der Waals surface area contributed by atoms with Gasteiger partial charge in [0.25, 0.3) is 5.56 Å². The van der Waals surface area contributed by atoms with Gasteiger partial charge in [-0.25, -0.2) is 8.78 Å². The summed E-state index contributed by atoms with van der Waals surface area (Å²) in [6, 6.07) is 11.7. The number of H-pyrrole nitrogens is 1. The molecule has 7 heteroatoms. The minimum atomic E-state index is -1.10. The van der Waals surface area contributed by atoms with Gasteiger partial charge in [-0.1, -0.05) is 18.2 Å². The number of nitrogens with two attached hydrogens (primary N) is 1. The van der Waals surface area contributed by atoms with Crippen LogP contribution in [0.25, 0.3) is 10.9 Å². The van der Waals surface area contributed by atoms with Crippen LogP contribution in [-0.2, 0) is 0 Å². The molecule has 3 N–H and O–H groups in total. The van der Waals surface area contributed by atoms with E-state index in [-0.39, 0.29) is 28.3 Å². The molecule has 1 atom stereocenters. The largest absolute Gasteiger partial charge is 0.439 e. The molecule has 0 saturated carbocycles. The fourth-order valence-electron chi connectivity index (χ4n) is 3.22. The molecule has 5 nitrogen and oxygen atoms in total. The lowest BCUT2D eigenvalue weighted by atomic mass is 9.83. The molecule has 0 spiro atoms. The smallest absolute Gasteiger partial charge is 0.256 e. The van der Waals surface area contributed by atoms with Gasteiger partial charge in [0.2, 0.25) is 5.88 Å². The number of pyridine rings is 1. The molecule has 2 aromatic carbocycles. The van der Waals surface area contributed by atoms with Crippen LogP contribution in [0.3, 0.4) is 0 Å². The van der Waals surface area contributed by atoms with E-state index in [9.17, 15) is 18.8 Å². The SMILES string of the molecule is N#CC1=C(N)Oc2c(c(=O)[nH]c3ccccc23)[C@@H]1c1ccc(F)cc1F. The molecular formula is C19H11F2N3O2. The fourth-order valence-corrected chi connectivity index (χ4v) is 3.22. The molecule has 0 amide bonds. The van der Waals surface area contributed by atoms with Crippen LogP contribution in [0.4, 0.5) is 8.78 Å². The number of rotatable bonds is 1. The van der Waals surface area contributed by atoms with Crippen LogP contribution in [0.5, 0.6) is 5.75 Å². The number of nitrogens with zero attached hydrogens (tertiary/aromatic N) is 1. The first-order valence-corrected chi connectivity index (χ1v) is 7.68. The number of halogens is 2. The molecule has 3 aromatic rings. The highest BCUT2D eigenvalue weighted by atomic mass is 19.1. The number of nitriles is 1. The highest BCUT2D eigenvalue weighted by molar-refractivity contribution is 5.87. The summed E-state index contributed by atoms with van der Waals surface area (Å²) in [5.41, 5.74) is 5.78. The third-order valence-corrected chi connectivity index (χ3v) is 4.36. The minimum absolute atomic E-state index is 0.0313. The zero-order valence-electron chi connectivity index (χ0n) is 13.2. The molecule has 0 radical (unpaired) electrons. The zero-order chi connectivity index (χ0) is 18.4. The van der Waals surface area contributed by atoms with Crippen molar-refractivity contribution in [1.82, 2.24) is 4.98 Å². The van der Waals surface area contributed by atoms with Gasteiger partial charge in [-0.2, -0.15) is 5.26 Å². The van der Waals surface area contributed by atoms with Crippen LogP contribution in [0.2, 0.25) is 0 Å². The summed E-state index contributed by atoms with van der Waals surface area (Å²) in [6.45, 7) is 0. The first-order valence-electron chi connectivity index (χ1n) is 7.68. The van der Waals surface area contributed by atoms with Gasteiger partial charge in [0, 0.05) is 17.0 Å². The minimum Gasteiger partial charge on any atom is -0.439 e. The molecular weight excluding hydrogens is 340 g/mol. The van der Waals surface area contributed by atoms with E-state index in [4.69, 9.17) is 10.5 Å². The topological polar surface area (TPSA) is 91.9 Å². The number of benzene rings is 2. The molecule has 0 unspecified atom stereocenters. The van der Waals surface area contributed by atoms with Gasteiger partial charge in [-0.15, -0.1) is 0 Å². The van der Waals surface area contributed by atoms with E-state index in [1.165, 1.54) is 6.07 Å². The quantitative estimate of drug-likeness (QED) is 0.705. The number of aromatic amines is 1. The summed E-state index contributed by atoms with van der Waals surface area (Å²) in [5, 5.41) is 10.1. The lowest BCUT2D eigenvalue weighted by Gasteiger charge is -2.26. The molecule has 4 rings (SSSR count). The average Bonchev–Trinajstić information content (AvgIpc) is 2.61. The fraction of sp³-hybridized carbons (Fsp3) is 0.0526. The third-order valence-electron chi connectivity index (χ3n) is 4.36. The van der Waals surface area contributed by atoms with E-state index in [0.29, 0.717) is 17.0 Å². The van der Waals surface area contributed by atoms with E-state index in [0.717, 1.165) is 6.07 Å². The zero-order valence-corrected chi connectivity index (χ0v) is 13.2. The summed E-state index contributed by atoms with van der Waals surface area (Å²) >= 11 is 0. The van der Waals surface area contributed by atoms with Crippen LogP contribution in [-0.4, -0.2) is 4.98 Å². The molecule has 0 aliphatic carbocycles. The van der Waals surface area contributed by atoms with Crippen molar-refractivity contribution in [2.45, 2.75) is 5.92 Å². The van der Waals surface area contributed by atoms with Gasteiger partial charge in [0.05, 0.1) is 17.0 Å². The van der Waals surface area contributed by atoms with Gasteiger partial charge in [0.1, 0.15) is 29.0 Å². The normalized spacial score (nSPS) is 16.1. The van der Waals surface area contributed by atoms with E-state index < -0.39 is 23.1 Å². The van der Waals surface area contributed by atoms with Crippen molar-refractivity contribution in [1.29, 1.82) is 5.26 Å². The van der Waals surface area contributed by atoms with Crippen molar-refractivity contribution < 1.29 is 13.5 Å². The number of allylic oxidation sites excluding steroid dienone is 1. The molecule has 1 aliphatic rings. The van der Waals surface area contributed by atoms with Crippen molar-refractivity contribution in [3.8, 4) is 11.8 Å². The number of ether oxygens (including phenoxy) is 1. The maximum absolute atomic E-state index is 14.4. The van der Waals surface area contributed by atoms with Crippen molar-refractivity contribution in [2.24, 2.45) is 5.73 Å². The van der Waals surface area contributed by atoms with Crippen LogP contribution in [0.1, 0.15) is 17.0 Å². The van der Waals surface area contributed by atoms with Crippen molar-refractivity contribution in [2.75, 3.05) is 0 Å². The number of hydrogen-bond donors (Lipinski definition) is 2. The Morgan fingerprint density at radius 1 is 1.19 bits per heavy atom. The first kappa shape index (κ1) is 15.8. The van der Waals surface area contributed by atoms with Crippen molar-refractivity contribution in [3.05, 3.63) is 87.0 Å². The predicted molar refractivity (Wildman–Crippen MR) is 90.2 cm³/mol. The Kier molecular flexibility index (Phi) is 3.48. The maximum Gasteiger partial charge on any atom is 0.256 e. The molecule has 0 saturated heterocycles. The monoisotopic (exact) mass is 351 g/mol. The van der Waals surface area contributed by atoms with Crippen molar-refractivity contribution >= 4 is 10.9 Å². The second kappa shape index (κ2) is 5.70. The Morgan fingerprint density at radius 2 is 1.96 bits per heavy atom. The van der Waals surface area contributed by atoms with Crippen LogP contribution < -0.4 is 16.0 Å². The summed E-state index contributed by atoms with van der Waals surface area (Å²) in [4.78, 5) is 15.4. The highest BCUT2D eigenvalue weighted by Crippen LogP contribution is 2.43. The first-order chi connectivity index (χ1) is 12.5. The van der Waals surface area contributed by atoms with Crippen LogP contribution >= 0.6 is 0 Å². The van der Waals surface area contributed by atoms with E-state index in [1.54, 1.807) is 24.3 Å². The lowest BCUT2D eigenvalue weighted by molar-refractivity contribution is 0.395. The number of para-hydroxylation sites is 1. The van der Waals surface area contributed by atoms with Crippen LogP contribution in [0.15, 0.2) is 58.7 Å². The molecule has 2 heterocycles. The summed E-state index contributed by atoms with van der Waals surface area (Å²) in [5.74, 6) is -2.80. The Labute approximate surface area is 145 Å². The van der Waals surface area contributed by atoms with Crippen LogP contribution in [0, 0.1) is 23.0 Å². The molecule has 26 heavy (non-hydrogen) atoms. The molecule has 1 aliphatic heterocycles. The lowest BCUT2D eigenvalue weighted by Crippen LogP contribution is -2.28. The molecule has 0 bridgehead atoms. The van der Waals surface area contributed by atoms with Gasteiger partial charge in [-0.3, -0.25) is 4.79 Å². The van der Waals surface area contributed by atoms with Gasteiger partial charge < -0.3 is 15.5 Å². The second-order valence-electron chi connectivity index (χ2n) is 5.83. The van der Waals surface area contributed by atoms with E-state index in [2.05, 4.69) is 4.98 Å². The van der Waals surface area contributed by atoms with Crippen molar-refractivity contribution in [3.63, 3.8) is 0 Å². The van der Waals surface area contributed by atoms with E-state index >= 15 is 0 Å². The Morgan fingerprint density at radius 3 is 2.69 bits per heavy atom. The summed E-state index contributed by atoms with van der Waals surface area (Å²) < 4.78 is 33.3. The molecule has 0 fully saturated rings. The van der Waals surface area contributed by atoms with E-state index in [1.807, 2.05) is 6.07 Å². The number of fused-ring (bicyclic) bond motifs is 3. The Hall–Kier alpha value is -3.66. The standard InChI is InChI=1S/C19H11F2N3O2/c20-9-5-6-10(13(21)7-9)15-12(8-22)18(23)26-17-11-3-1-2-4-14(11)24-19(25)16(15)17/h1-7,15H,23H2,(H,24,25)/t15-/m1/s1. The van der Waals surface area contributed by atoms with Gasteiger partial charge >= 0.3 is 0 Å². The average molecular weight is 351 g/mol. The number of nitrogens with one attached hydrogen (secondary N) is 1. The predicted octanol–water partition coefficient (Wildman–Crippen LogP) is 3.02. The third kappa shape index (κ3) is 2.24. The van der Waals surface area contributed by atoms with Gasteiger partial charge in [-0.05, 0) is 18.2 Å². The number of hydrogen-bond acceptors (Lipinski definition) is 4. The summed E-state index contributed by atoms with van der Waals surface area (Å²) in [7, 11) is 0. The molecule has 1 aromatic heterocycles. The Balaban J connectivity index is 2.10. The highest BCUT2D eigenvalue weighted by Gasteiger charge is 2.36. The summed E-state index contributed by atoms with van der Waals surface area (Å²) in [6.07, 6.45) is 0. The Bertz CT molecular complexity index is 1190. The maximum atomic E-state index is 14.4. The van der Waals surface area contributed by atoms with Gasteiger partial charge in [0.15, 0.2) is 0 Å². The second-order valence-corrected chi connectivity index (χ2v) is 5.83. The number of aromatic nitrogens is 1.